The van der Waals surface area contributed by atoms with E-state index in [4.69, 9.17) is 18.9 Å². The maximum Gasteiger partial charge on any atom is 0.410 e. The van der Waals surface area contributed by atoms with E-state index < -0.39 is 23.3 Å². The largest absolute Gasteiger partial charge is 0.464 e. The highest BCUT2D eigenvalue weighted by Crippen LogP contribution is 2.31. The second-order valence-electron chi connectivity index (χ2n) is 6.62. The molecule has 0 aromatic heterocycles. The Kier molecular flexibility index (Phi) is 4.97. The summed E-state index contributed by atoms with van der Waals surface area (Å²) < 4.78 is 21.5. The third-order valence-corrected chi connectivity index (χ3v) is 3.44. The van der Waals surface area contributed by atoms with E-state index in [9.17, 15) is 9.59 Å². The second kappa shape index (κ2) is 6.42. The van der Waals surface area contributed by atoms with Crippen LogP contribution in [0.4, 0.5) is 4.79 Å². The molecule has 7 heteroatoms. The van der Waals surface area contributed by atoms with Crippen LogP contribution in [0.15, 0.2) is 0 Å². The summed E-state index contributed by atoms with van der Waals surface area (Å²) in [5, 5.41) is 0. The fraction of sp³-hybridized carbons (Fsp3) is 0.867. The van der Waals surface area contributed by atoms with Gasteiger partial charge in [0.05, 0.1) is 32.5 Å². The molecule has 0 aromatic rings. The van der Waals surface area contributed by atoms with Crippen LogP contribution >= 0.6 is 0 Å². The van der Waals surface area contributed by atoms with E-state index in [2.05, 4.69) is 0 Å². The second-order valence-corrected chi connectivity index (χ2v) is 6.62. The molecule has 2 rings (SSSR count). The van der Waals surface area contributed by atoms with Gasteiger partial charge in [0.2, 0.25) is 0 Å². The predicted octanol–water partition coefficient (Wildman–Crippen LogP) is 1.34. The van der Waals surface area contributed by atoms with Crippen molar-refractivity contribution in [3.05, 3.63) is 0 Å². The lowest BCUT2D eigenvalue weighted by molar-refractivity contribution is -0.184. The molecule has 0 N–H and O–H groups in total. The van der Waals surface area contributed by atoms with E-state index in [1.165, 1.54) is 4.90 Å². The van der Waals surface area contributed by atoms with Gasteiger partial charge in [0, 0.05) is 13.0 Å². The standard InChI is InChI=1S/C15H25NO6/c1-5-19-12(17)15(8-11-9-20-11)10-16(6-7-21-15)13(18)22-14(2,3)4/h11H,5-10H2,1-4H3. The van der Waals surface area contributed by atoms with Crippen molar-refractivity contribution in [1.29, 1.82) is 0 Å². The predicted molar refractivity (Wildman–Crippen MR) is 77.5 cm³/mol. The van der Waals surface area contributed by atoms with E-state index in [-0.39, 0.29) is 25.9 Å². The highest BCUT2D eigenvalue weighted by Gasteiger charge is 2.50. The van der Waals surface area contributed by atoms with Crippen molar-refractivity contribution < 1.29 is 28.5 Å². The average molecular weight is 315 g/mol. The van der Waals surface area contributed by atoms with Gasteiger partial charge in [0.25, 0.3) is 0 Å². The summed E-state index contributed by atoms with van der Waals surface area (Å²) in [6.45, 7) is 8.82. The van der Waals surface area contributed by atoms with Crippen molar-refractivity contribution >= 4 is 12.1 Å². The van der Waals surface area contributed by atoms with Crippen LogP contribution in [0.5, 0.6) is 0 Å². The Bertz CT molecular complexity index is 428. The lowest BCUT2D eigenvalue weighted by Gasteiger charge is -2.40. The number of esters is 1. The summed E-state index contributed by atoms with van der Waals surface area (Å²) in [5.41, 5.74) is -1.74. The van der Waals surface area contributed by atoms with Crippen molar-refractivity contribution in [3.8, 4) is 0 Å². The SMILES string of the molecule is CCOC(=O)C1(CC2CO2)CN(C(=O)OC(C)(C)C)CCO1. The van der Waals surface area contributed by atoms with Crippen LogP contribution in [0.2, 0.25) is 0 Å². The zero-order valence-corrected chi connectivity index (χ0v) is 13.7. The number of nitrogens with zero attached hydrogens (tertiary/aromatic N) is 1. The molecular weight excluding hydrogens is 290 g/mol. The summed E-state index contributed by atoms with van der Waals surface area (Å²) in [6, 6.07) is 0. The first kappa shape index (κ1) is 17.0. The van der Waals surface area contributed by atoms with Crippen LogP contribution in [0, 0.1) is 0 Å². The van der Waals surface area contributed by atoms with Gasteiger partial charge in [0.15, 0.2) is 5.60 Å². The topological polar surface area (TPSA) is 77.6 Å². The molecule has 2 saturated heterocycles. The van der Waals surface area contributed by atoms with Crippen LogP contribution in [-0.4, -0.2) is 67.2 Å². The summed E-state index contributed by atoms with van der Waals surface area (Å²) in [4.78, 5) is 26.1. The Morgan fingerprint density at radius 2 is 2.05 bits per heavy atom. The molecule has 126 valence electrons. The van der Waals surface area contributed by atoms with Gasteiger partial charge < -0.3 is 23.8 Å². The number of morpholine rings is 1. The molecule has 2 heterocycles. The molecule has 0 aromatic carbocycles. The molecule has 0 radical (unpaired) electrons. The number of epoxide rings is 1. The maximum absolute atomic E-state index is 12.4. The first-order valence-electron chi connectivity index (χ1n) is 7.66. The fourth-order valence-electron chi connectivity index (χ4n) is 2.41. The van der Waals surface area contributed by atoms with E-state index in [0.29, 0.717) is 19.6 Å². The number of hydrogen-bond acceptors (Lipinski definition) is 6. The molecule has 2 fully saturated rings. The molecule has 0 bridgehead atoms. The molecule has 0 aliphatic carbocycles. The minimum Gasteiger partial charge on any atom is -0.464 e. The third-order valence-electron chi connectivity index (χ3n) is 3.44. The molecule has 0 saturated carbocycles. The third kappa shape index (κ3) is 4.33. The van der Waals surface area contributed by atoms with Gasteiger partial charge in [-0.15, -0.1) is 0 Å². The molecule has 0 spiro atoms. The van der Waals surface area contributed by atoms with Crippen molar-refractivity contribution in [2.45, 2.75) is 51.4 Å². The van der Waals surface area contributed by atoms with Gasteiger partial charge in [-0.05, 0) is 27.7 Å². The van der Waals surface area contributed by atoms with Crippen molar-refractivity contribution in [3.63, 3.8) is 0 Å². The highest BCUT2D eigenvalue weighted by molar-refractivity contribution is 5.81. The Hall–Kier alpha value is -1.34. The lowest BCUT2D eigenvalue weighted by Crippen LogP contribution is -2.59. The number of ether oxygens (including phenoxy) is 4. The normalized spacial score (nSPS) is 28.2. The molecule has 22 heavy (non-hydrogen) atoms. The van der Waals surface area contributed by atoms with E-state index in [0.717, 1.165) is 0 Å². The summed E-state index contributed by atoms with van der Waals surface area (Å²) in [7, 11) is 0. The average Bonchev–Trinajstić information content (AvgIpc) is 3.21. The van der Waals surface area contributed by atoms with Crippen LogP contribution in [0.3, 0.4) is 0 Å². The quantitative estimate of drug-likeness (QED) is 0.575. The molecule has 2 unspecified atom stereocenters. The Morgan fingerprint density at radius 3 is 2.59 bits per heavy atom. The number of carbonyl (C=O) groups is 2. The first-order chi connectivity index (χ1) is 10.3. The van der Waals surface area contributed by atoms with Gasteiger partial charge >= 0.3 is 12.1 Å². The first-order valence-corrected chi connectivity index (χ1v) is 7.66. The van der Waals surface area contributed by atoms with Gasteiger partial charge in [0.1, 0.15) is 5.60 Å². The molecule has 7 nitrogen and oxygen atoms in total. The number of amides is 1. The zero-order chi connectivity index (χ0) is 16.4. The zero-order valence-electron chi connectivity index (χ0n) is 13.7. The van der Waals surface area contributed by atoms with Gasteiger partial charge in [-0.1, -0.05) is 0 Å². The van der Waals surface area contributed by atoms with Gasteiger partial charge in [-0.3, -0.25) is 0 Å². The van der Waals surface area contributed by atoms with Crippen LogP contribution in [0.25, 0.3) is 0 Å². The van der Waals surface area contributed by atoms with Crippen LogP contribution in [0.1, 0.15) is 34.1 Å². The van der Waals surface area contributed by atoms with Gasteiger partial charge in [-0.2, -0.15) is 0 Å². The number of carbonyl (C=O) groups excluding carboxylic acids is 2. The van der Waals surface area contributed by atoms with E-state index >= 15 is 0 Å². The van der Waals surface area contributed by atoms with Gasteiger partial charge in [-0.25, -0.2) is 9.59 Å². The summed E-state index contributed by atoms with van der Waals surface area (Å²) >= 11 is 0. The molecule has 2 aliphatic heterocycles. The highest BCUT2D eigenvalue weighted by atomic mass is 16.6. The molecule has 2 aliphatic rings. The Morgan fingerprint density at radius 1 is 1.36 bits per heavy atom. The lowest BCUT2D eigenvalue weighted by atomic mass is 9.95. The Labute approximate surface area is 130 Å². The number of hydrogen-bond donors (Lipinski definition) is 0. The smallest absolute Gasteiger partial charge is 0.410 e. The summed E-state index contributed by atoms with van der Waals surface area (Å²) in [5.74, 6) is -0.446. The van der Waals surface area contributed by atoms with Crippen LogP contribution in [-0.2, 0) is 23.7 Å². The van der Waals surface area contributed by atoms with E-state index in [1.807, 2.05) is 20.8 Å². The Balaban J connectivity index is 2.09. The monoisotopic (exact) mass is 315 g/mol. The van der Waals surface area contributed by atoms with Crippen molar-refractivity contribution in [1.82, 2.24) is 4.90 Å². The van der Waals surface area contributed by atoms with Crippen molar-refractivity contribution in [2.24, 2.45) is 0 Å². The molecule has 1 amide bonds. The summed E-state index contributed by atoms with van der Waals surface area (Å²) in [6.07, 6.45) is -0.0605. The minimum absolute atomic E-state index is 0.0111. The fourth-order valence-corrected chi connectivity index (χ4v) is 2.41. The maximum atomic E-state index is 12.4. The molecular formula is C15H25NO6. The molecule has 2 atom stereocenters. The minimum atomic E-state index is -1.16. The van der Waals surface area contributed by atoms with E-state index in [1.54, 1.807) is 6.92 Å². The van der Waals surface area contributed by atoms with Crippen molar-refractivity contribution in [2.75, 3.05) is 32.9 Å². The number of rotatable bonds is 4. The van der Waals surface area contributed by atoms with Crippen LogP contribution < -0.4 is 0 Å².